The van der Waals surface area contributed by atoms with Crippen LogP contribution < -0.4 is 0 Å². The lowest BCUT2D eigenvalue weighted by molar-refractivity contribution is -0.142. The predicted octanol–water partition coefficient (Wildman–Crippen LogP) is 1.60. The van der Waals surface area contributed by atoms with E-state index in [0.29, 0.717) is 6.42 Å². The molecule has 1 N–H and O–H groups in total. The molecule has 16 heavy (non-hydrogen) atoms. The average Bonchev–Trinajstić information content (AvgIpc) is 2.55. The minimum Gasteiger partial charge on any atom is -0.477 e. The average molecular weight is 239 g/mol. The fraction of sp³-hybridized carbons (Fsp3) is 0.455. The van der Waals surface area contributed by atoms with Gasteiger partial charge in [0.05, 0.1) is 6.04 Å². The van der Waals surface area contributed by atoms with Crippen LogP contribution in [0.4, 0.5) is 0 Å². The van der Waals surface area contributed by atoms with Crippen LogP contribution in [0, 0.1) is 0 Å². The van der Waals surface area contributed by atoms with Gasteiger partial charge in [0.15, 0.2) is 0 Å². The van der Waals surface area contributed by atoms with Gasteiger partial charge in [0, 0.05) is 16.9 Å². The monoisotopic (exact) mass is 239 g/mol. The molecule has 0 radical (unpaired) electrons. The second-order valence-electron chi connectivity index (χ2n) is 3.65. The van der Waals surface area contributed by atoms with E-state index in [1.54, 1.807) is 6.08 Å². The Morgan fingerprint density at radius 2 is 2.38 bits per heavy atom. The van der Waals surface area contributed by atoms with Crippen molar-refractivity contribution in [3.05, 3.63) is 22.3 Å². The van der Waals surface area contributed by atoms with Crippen LogP contribution in [0.3, 0.4) is 0 Å². The minimum absolute atomic E-state index is 0.0300. The number of hydrogen-bond donors (Lipinski definition) is 1. The number of amides is 1. The van der Waals surface area contributed by atoms with Crippen molar-refractivity contribution < 1.29 is 14.7 Å². The smallest absolute Gasteiger partial charge is 0.353 e. The van der Waals surface area contributed by atoms with Crippen molar-refractivity contribution in [3.63, 3.8) is 0 Å². The Balaban J connectivity index is 2.33. The molecule has 86 valence electrons. The maximum absolute atomic E-state index is 11.7. The molecule has 4 nitrogen and oxygen atoms in total. The number of allylic oxidation sites excluding steroid dienone is 1. The molecule has 0 aromatic carbocycles. The van der Waals surface area contributed by atoms with Crippen LogP contribution in [-0.4, -0.2) is 33.7 Å². The third kappa shape index (κ3) is 1.38. The molecule has 2 heterocycles. The summed E-state index contributed by atoms with van der Waals surface area (Å²) in [5.74, 6) is -0.329. The summed E-state index contributed by atoms with van der Waals surface area (Å²) in [6.07, 6.45) is 2.44. The first kappa shape index (κ1) is 11.3. The van der Waals surface area contributed by atoms with E-state index in [0.717, 1.165) is 16.2 Å². The Kier molecular flexibility index (Phi) is 2.80. The summed E-state index contributed by atoms with van der Waals surface area (Å²) in [7, 11) is 0. The van der Waals surface area contributed by atoms with Gasteiger partial charge < -0.3 is 5.11 Å². The summed E-state index contributed by atoms with van der Waals surface area (Å²) in [5, 5.41) is 9.12. The first-order chi connectivity index (χ1) is 7.61. The summed E-state index contributed by atoms with van der Waals surface area (Å²) >= 11 is 1.52. The maximum atomic E-state index is 11.7. The van der Waals surface area contributed by atoms with Gasteiger partial charge in [-0.05, 0) is 12.7 Å². The number of carboxylic acid groups (broad SMARTS) is 1. The Morgan fingerprint density at radius 1 is 1.69 bits per heavy atom. The maximum Gasteiger partial charge on any atom is 0.353 e. The van der Waals surface area contributed by atoms with Gasteiger partial charge in [-0.1, -0.05) is 13.0 Å². The van der Waals surface area contributed by atoms with Crippen LogP contribution in [0.2, 0.25) is 0 Å². The van der Waals surface area contributed by atoms with Gasteiger partial charge in [-0.2, -0.15) is 0 Å². The van der Waals surface area contributed by atoms with Gasteiger partial charge in [0.25, 0.3) is 5.91 Å². The topological polar surface area (TPSA) is 57.6 Å². The number of fused-ring (bicyclic) bond motifs is 1. The Labute approximate surface area is 98.0 Å². The molecular formula is C11H13NO3S. The van der Waals surface area contributed by atoms with E-state index in [4.69, 9.17) is 5.11 Å². The molecule has 1 saturated heterocycles. The Morgan fingerprint density at radius 3 is 2.88 bits per heavy atom. The first-order valence-corrected chi connectivity index (χ1v) is 6.19. The molecule has 0 saturated carbocycles. The molecule has 0 aromatic heterocycles. The number of β-lactam (4-membered cyclic amide) rings is 1. The van der Waals surface area contributed by atoms with E-state index in [9.17, 15) is 9.59 Å². The molecule has 5 heteroatoms. The van der Waals surface area contributed by atoms with E-state index < -0.39 is 5.97 Å². The molecule has 0 bridgehead atoms. The Bertz CT molecular complexity index is 425. The molecule has 2 rings (SSSR count). The summed E-state index contributed by atoms with van der Waals surface area (Å²) in [6, 6.07) is -0.0300. The number of thioether (sulfide) groups is 1. The molecule has 1 atom stereocenters. The SMILES string of the molecule is C/C=C1\C(=O)N2C(C(=O)O)=C(SCC)C[C@H]12. The lowest BCUT2D eigenvalue weighted by Crippen LogP contribution is -2.52. The van der Waals surface area contributed by atoms with Gasteiger partial charge in [-0.25, -0.2) is 4.79 Å². The first-order valence-electron chi connectivity index (χ1n) is 5.20. The van der Waals surface area contributed by atoms with Gasteiger partial charge in [0.1, 0.15) is 5.70 Å². The van der Waals surface area contributed by atoms with Crippen molar-refractivity contribution in [3.8, 4) is 0 Å². The highest BCUT2D eigenvalue weighted by atomic mass is 32.2. The number of rotatable bonds is 3. The largest absolute Gasteiger partial charge is 0.477 e. The number of carbonyl (C=O) groups excluding carboxylic acids is 1. The number of carbonyl (C=O) groups is 2. The lowest BCUT2D eigenvalue weighted by Gasteiger charge is -2.37. The van der Waals surface area contributed by atoms with E-state index in [1.165, 1.54) is 16.7 Å². The molecule has 0 aromatic rings. The quantitative estimate of drug-likeness (QED) is 0.600. The molecule has 2 aliphatic rings. The van der Waals surface area contributed by atoms with Crippen LogP contribution in [0.5, 0.6) is 0 Å². The van der Waals surface area contributed by atoms with Crippen molar-refractivity contribution in [1.29, 1.82) is 0 Å². The second-order valence-corrected chi connectivity index (χ2v) is 5.01. The van der Waals surface area contributed by atoms with E-state index in [-0.39, 0.29) is 17.6 Å². The number of nitrogens with zero attached hydrogens (tertiary/aromatic N) is 1. The summed E-state index contributed by atoms with van der Waals surface area (Å²) in [4.78, 5) is 25.1. The van der Waals surface area contributed by atoms with Gasteiger partial charge >= 0.3 is 5.97 Å². The zero-order valence-corrected chi connectivity index (χ0v) is 10.0. The molecule has 1 fully saturated rings. The predicted molar refractivity (Wildman–Crippen MR) is 61.8 cm³/mol. The fourth-order valence-corrected chi connectivity index (χ4v) is 3.15. The van der Waals surface area contributed by atoms with E-state index >= 15 is 0 Å². The van der Waals surface area contributed by atoms with Crippen LogP contribution in [-0.2, 0) is 9.59 Å². The van der Waals surface area contributed by atoms with Crippen molar-refractivity contribution >= 4 is 23.6 Å². The van der Waals surface area contributed by atoms with Gasteiger partial charge in [0.2, 0.25) is 0 Å². The van der Waals surface area contributed by atoms with Crippen molar-refractivity contribution in [1.82, 2.24) is 4.90 Å². The normalized spacial score (nSPS) is 26.1. The van der Waals surface area contributed by atoms with E-state index in [1.807, 2.05) is 13.8 Å². The third-order valence-corrected chi connectivity index (χ3v) is 3.85. The summed E-state index contributed by atoms with van der Waals surface area (Å²) in [5.41, 5.74) is 0.929. The van der Waals surface area contributed by atoms with E-state index in [2.05, 4.69) is 0 Å². The zero-order chi connectivity index (χ0) is 11.9. The lowest BCUT2D eigenvalue weighted by atomic mass is 9.94. The minimum atomic E-state index is -0.998. The molecular weight excluding hydrogens is 226 g/mol. The second kappa shape index (κ2) is 3.97. The van der Waals surface area contributed by atoms with Gasteiger partial charge in [-0.15, -0.1) is 11.8 Å². The molecule has 0 spiro atoms. The zero-order valence-electron chi connectivity index (χ0n) is 9.19. The van der Waals surface area contributed by atoms with Crippen molar-refractivity contribution in [2.75, 3.05) is 5.75 Å². The molecule has 0 aliphatic carbocycles. The third-order valence-electron chi connectivity index (χ3n) is 2.85. The number of hydrogen-bond acceptors (Lipinski definition) is 3. The van der Waals surface area contributed by atoms with Crippen LogP contribution in [0.25, 0.3) is 0 Å². The van der Waals surface area contributed by atoms with Crippen LogP contribution >= 0.6 is 11.8 Å². The van der Waals surface area contributed by atoms with Gasteiger partial charge in [-0.3, -0.25) is 9.69 Å². The van der Waals surface area contributed by atoms with Crippen LogP contribution in [0.15, 0.2) is 22.3 Å². The number of aliphatic carboxylic acids is 1. The van der Waals surface area contributed by atoms with Crippen LogP contribution in [0.1, 0.15) is 20.3 Å². The Hall–Kier alpha value is -1.23. The highest BCUT2D eigenvalue weighted by Gasteiger charge is 2.51. The summed E-state index contributed by atoms with van der Waals surface area (Å²) < 4.78 is 0. The standard InChI is InChI=1S/C11H13NO3S/c1-3-6-7-5-8(16-4-2)9(11(14)15)12(7)10(6)13/h3,7H,4-5H2,1-2H3,(H,14,15)/b6-3-/t7-/m1/s1. The molecule has 0 unspecified atom stereocenters. The molecule has 2 aliphatic heterocycles. The fourth-order valence-electron chi connectivity index (χ4n) is 2.20. The summed E-state index contributed by atoms with van der Waals surface area (Å²) in [6.45, 7) is 3.79. The highest BCUT2D eigenvalue weighted by Crippen LogP contribution is 2.45. The number of carboxylic acids is 1. The highest BCUT2D eigenvalue weighted by molar-refractivity contribution is 8.03. The van der Waals surface area contributed by atoms with Crippen molar-refractivity contribution in [2.45, 2.75) is 26.3 Å². The molecule has 1 amide bonds. The van der Waals surface area contributed by atoms with Crippen molar-refractivity contribution in [2.24, 2.45) is 0 Å².